The minimum atomic E-state index is 0.954. The van der Waals surface area contributed by atoms with E-state index in [-0.39, 0.29) is 0 Å². The van der Waals surface area contributed by atoms with Gasteiger partial charge in [-0.05, 0) is 38.8 Å². The van der Waals surface area contributed by atoms with Crippen molar-refractivity contribution in [1.82, 2.24) is 4.90 Å². The molecule has 1 saturated heterocycles. The van der Waals surface area contributed by atoms with Gasteiger partial charge in [0.2, 0.25) is 0 Å². The molecule has 0 aromatic rings. The highest BCUT2D eigenvalue weighted by Gasteiger charge is 2.20. The highest BCUT2D eigenvalue weighted by molar-refractivity contribution is 4.76. The van der Waals surface area contributed by atoms with E-state index in [1.165, 1.54) is 77.3 Å². The van der Waals surface area contributed by atoms with Crippen molar-refractivity contribution in [3.05, 3.63) is 0 Å². The molecule has 1 heterocycles. The zero-order valence-electron chi connectivity index (χ0n) is 9.51. The fourth-order valence-electron chi connectivity index (χ4n) is 3.08. The van der Waals surface area contributed by atoms with Crippen molar-refractivity contribution in [1.29, 1.82) is 0 Å². The fraction of sp³-hybridized carbons (Fsp3) is 1.00. The van der Waals surface area contributed by atoms with Crippen LogP contribution in [0.2, 0.25) is 0 Å². The van der Waals surface area contributed by atoms with Crippen LogP contribution < -0.4 is 0 Å². The Hall–Kier alpha value is -0.0400. The maximum atomic E-state index is 2.79. The van der Waals surface area contributed by atoms with Gasteiger partial charge in [-0.1, -0.05) is 38.5 Å². The standard InChI is InChI=1S/C13H25N/c1-2-5-9-13(10-6-3-1)14-11-7-4-8-12-14/h13H,1-12H2. The first-order valence-electron chi connectivity index (χ1n) is 6.71. The largest absolute Gasteiger partial charge is 0.300 e. The second-order valence-electron chi connectivity index (χ2n) is 5.10. The molecule has 0 aromatic heterocycles. The third-order valence-electron chi connectivity index (χ3n) is 3.98. The van der Waals surface area contributed by atoms with Crippen LogP contribution >= 0.6 is 0 Å². The molecule has 0 amide bonds. The Morgan fingerprint density at radius 2 is 1.07 bits per heavy atom. The number of piperidine rings is 1. The lowest BCUT2D eigenvalue weighted by molar-refractivity contribution is 0.139. The van der Waals surface area contributed by atoms with Crippen LogP contribution in [0.1, 0.15) is 64.2 Å². The topological polar surface area (TPSA) is 3.24 Å². The van der Waals surface area contributed by atoms with E-state index < -0.39 is 0 Å². The third-order valence-corrected chi connectivity index (χ3v) is 3.98. The van der Waals surface area contributed by atoms with Gasteiger partial charge in [0, 0.05) is 6.04 Å². The van der Waals surface area contributed by atoms with Crippen molar-refractivity contribution in [3.63, 3.8) is 0 Å². The van der Waals surface area contributed by atoms with Crippen molar-refractivity contribution in [2.75, 3.05) is 13.1 Å². The van der Waals surface area contributed by atoms with Gasteiger partial charge in [-0.15, -0.1) is 0 Å². The lowest BCUT2D eigenvalue weighted by Crippen LogP contribution is -2.39. The molecule has 2 aliphatic rings. The van der Waals surface area contributed by atoms with Gasteiger partial charge in [0.15, 0.2) is 0 Å². The normalized spacial score (nSPS) is 28.3. The highest BCUT2D eigenvalue weighted by atomic mass is 15.2. The van der Waals surface area contributed by atoms with Crippen LogP contribution in [0.5, 0.6) is 0 Å². The number of rotatable bonds is 1. The van der Waals surface area contributed by atoms with Crippen molar-refractivity contribution in [3.8, 4) is 0 Å². The van der Waals surface area contributed by atoms with Gasteiger partial charge < -0.3 is 4.90 Å². The molecule has 82 valence electrons. The summed E-state index contributed by atoms with van der Waals surface area (Å²) in [5.74, 6) is 0. The van der Waals surface area contributed by atoms with Crippen molar-refractivity contribution in [2.45, 2.75) is 70.3 Å². The molecule has 1 heteroatoms. The summed E-state index contributed by atoms with van der Waals surface area (Å²) < 4.78 is 0. The summed E-state index contributed by atoms with van der Waals surface area (Å²) in [6.45, 7) is 2.79. The Morgan fingerprint density at radius 1 is 0.571 bits per heavy atom. The minimum Gasteiger partial charge on any atom is -0.300 e. The molecule has 0 bridgehead atoms. The van der Waals surface area contributed by atoms with Gasteiger partial charge in [-0.2, -0.15) is 0 Å². The first-order valence-corrected chi connectivity index (χ1v) is 6.71. The van der Waals surface area contributed by atoms with Crippen LogP contribution in [0.4, 0.5) is 0 Å². The lowest BCUT2D eigenvalue weighted by atomic mass is 9.94. The fourth-order valence-corrected chi connectivity index (χ4v) is 3.08. The van der Waals surface area contributed by atoms with E-state index in [0.29, 0.717) is 0 Å². The van der Waals surface area contributed by atoms with Crippen LogP contribution in [0.15, 0.2) is 0 Å². The SMILES string of the molecule is C1CCCC(N2CCCCC2)CCC1. The monoisotopic (exact) mass is 195 g/mol. The van der Waals surface area contributed by atoms with E-state index in [1.807, 2.05) is 0 Å². The Bertz CT molecular complexity index is 141. The van der Waals surface area contributed by atoms with Crippen molar-refractivity contribution >= 4 is 0 Å². The van der Waals surface area contributed by atoms with Crippen LogP contribution in [-0.4, -0.2) is 24.0 Å². The highest BCUT2D eigenvalue weighted by Crippen LogP contribution is 2.23. The summed E-state index contributed by atoms with van der Waals surface area (Å²) in [7, 11) is 0. The Labute approximate surface area is 88.9 Å². The molecule has 0 N–H and O–H groups in total. The van der Waals surface area contributed by atoms with Crippen LogP contribution in [0.3, 0.4) is 0 Å². The number of hydrogen-bond donors (Lipinski definition) is 0. The van der Waals surface area contributed by atoms with Gasteiger partial charge in [-0.25, -0.2) is 0 Å². The maximum absolute atomic E-state index is 2.79. The molecule has 1 nitrogen and oxygen atoms in total. The minimum absolute atomic E-state index is 0.954. The molecule has 0 aromatic carbocycles. The van der Waals surface area contributed by atoms with E-state index >= 15 is 0 Å². The van der Waals surface area contributed by atoms with Gasteiger partial charge in [-0.3, -0.25) is 0 Å². The van der Waals surface area contributed by atoms with Gasteiger partial charge in [0.05, 0.1) is 0 Å². The van der Waals surface area contributed by atoms with E-state index in [9.17, 15) is 0 Å². The Kier molecular flexibility index (Phi) is 4.30. The third kappa shape index (κ3) is 2.98. The molecule has 2 fully saturated rings. The van der Waals surface area contributed by atoms with Crippen LogP contribution in [0, 0.1) is 0 Å². The van der Waals surface area contributed by atoms with Gasteiger partial charge in [0.25, 0.3) is 0 Å². The number of nitrogens with zero attached hydrogens (tertiary/aromatic N) is 1. The molecule has 2 rings (SSSR count). The van der Waals surface area contributed by atoms with E-state index in [0.717, 1.165) is 6.04 Å². The van der Waals surface area contributed by atoms with E-state index in [4.69, 9.17) is 0 Å². The summed E-state index contributed by atoms with van der Waals surface area (Å²) in [4.78, 5) is 2.79. The molecule has 1 aliphatic heterocycles. The average molecular weight is 195 g/mol. The maximum Gasteiger partial charge on any atom is 0.00952 e. The van der Waals surface area contributed by atoms with Crippen LogP contribution in [0.25, 0.3) is 0 Å². The second-order valence-corrected chi connectivity index (χ2v) is 5.10. The summed E-state index contributed by atoms with van der Waals surface area (Å²) in [6.07, 6.45) is 14.8. The summed E-state index contributed by atoms with van der Waals surface area (Å²) >= 11 is 0. The predicted octanol–water partition coefficient (Wildman–Crippen LogP) is 3.59. The average Bonchev–Trinajstić information content (AvgIpc) is 2.18. The van der Waals surface area contributed by atoms with Crippen molar-refractivity contribution < 1.29 is 0 Å². The molecule has 0 spiro atoms. The second kappa shape index (κ2) is 5.75. The molecular weight excluding hydrogens is 170 g/mol. The lowest BCUT2D eigenvalue weighted by Gasteiger charge is -2.35. The van der Waals surface area contributed by atoms with Gasteiger partial charge >= 0.3 is 0 Å². The quantitative estimate of drug-likeness (QED) is 0.618. The molecule has 1 saturated carbocycles. The summed E-state index contributed by atoms with van der Waals surface area (Å²) in [5.41, 5.74) is 0. The Balaban J connectivity index is 1.80. The predicted molar refractivity (Wildman–Crippen MR) is 61.5 cm³/mol. The molecule has 1 aliphatic carbocycles. The van der Waals surface area contributed by atoms with Gasteiger partial charge in [0.1, 0.15) is 0 Å². The zero-order chi connectivity index (χ0) is 9.64. The van der Waals surface area contributed by atoms with Crippen molar-refractivity contribution in [2.24, 2.45) is 0 Å². The molecule has 0 unspecified atom stereocenters. The van der Waals surface area contributed by atoms with E-state index in [1.54, 1.807) is 0 Å². The molecule has 0 radical (unpaired) electrons. The number of likely N-dealkylation sites (tertiary alicyclic amines) is 1. The van der Waals surface area contributed by atoms with Crippen LogP contribution in [-0.2, 0) is 0 Å². The van der Waals surface area contributed by atoms with E-state index in [2.05, 4.69) is 4.90 Å². The summed E-state index contributed by atoms with van der Waals surface area (Å²) in [5, 5.41) is 0. The first kappa shape index (κ1) is 10.5. The first-order chi connectivity index (χ1) is 6.97. The zero-order valence-corrected chi connectivity index (χ0v) is 9.51. The molecule has 0 atom stereocenters. The molecule has 14 heavy (non-hydrogen) atoms. The smallest absolute Gasteiger partial charge is 0.00952 e. The summed E-state index contributed by atoms with van der Waals surface area (Å²) in [6, 6.07) is 0.954. The molecular formula is C13H25N. The number of hydrogen-bond acceptors (Lipinski definition) is 1. The Morgan fingerprint density at radius 3 is 1.71 bits per heavy atom.